The molecule has 3 nitrogen and oxygen atoms in total. The van der Waals surface area contributed by atoms with Gasteiger partial charge in [-0.2, -0.15) is 5.10 Å². The quantitative estimate of drug-likeness (QED) is 0.702. The van der Waals surface area contributed by atoms with E-state index in [1.807, 2.05) is 29.1 Å². The van der Waals surface area contributed by atoms with Crippen molar-refractivity contribution in [3.8, 4) is 0 Å². The molecule has 3 rings (SSSR count). The van der Waals surface area contributed by atoms with Gasteiger partial charge in [-0.3, -0.25) is 9.67 Å². The zero-order valence-corrected chi connectivity index (χ0v) is 12.6. The highest BCUT2D eigenvalue weighted by Crippen LogP contribution is 2.25. The molecule has 96 valence electrons. The maximum absolute atomic E-state index is 6.27. The van der Waals surface area contributed by atoms with E-state index in [0.29, 0.717) is 6.54 Å². The van der Waals surface area contributed by atoms with Gasteiger partial charge in [-0.15, -0.1) is 0 Å². The minimum absolute atomic E-state index is 0.638. The molecular formula is C14H11BrClN3. The second-order valence-corrected chi connectivity index (χ2v) is 5.53. The van der Waals surface area contributed by atoms with Gasteiger partial charge in [-0.05, 0) is 46.1 Å². The predicted octanol–water partition coefficient (Wildman–Crippen LogP) is 4.20. The Morgan fingerprint density at radius 3 is 2.95 bits per heavy atom. The fourth-order valence-corrected chi connectivity index (χ4v) is 2.93. The summed E-state index contributed by atoms with van der Waals surface area (Å²) < 4.78 is 2.75. The third kappa shape index (κ3) is 2.26. The van der Waals surface area contributed by atoms with Gasteiger partial charge < -0.3 is 0 Å². The normalized spacial score (nSPS) is 11.1. The summed E-state index contributed by atoms with van der Waals surface area (Å²) in [7, 11) is 0. The van der Waals surface area contributed by atoms with E-state index < -0.39 is 0 Å². The summed E-state index contributed by atoms with van der Waals surface area (Å²) in [6.07, 6.45) is 3.58. The summed E-state index contributed by atoms with van der Waals surface area (Å²) in [6.45, 7) is 2.69. The number of hydrogen-bond donors (Lipinski definition) is 0. The first-order valence-corrected chi connectivity index (χ1v) is 7.04. The highest BCUT2D eigenvalue weighted by molar-refractivity contribution is 9.10. The van der Waals surface area contributed by atoms with Gasteiger partial charge in [0.2, 0.25) is 0 Å². The minimum Gasteiger partial charge on any atom is -0.262 e. The number of halogens is 2. The number of aromatic nitrogens is 3. The summed E-state index contributed by atoms with van der Waals surface area (Å²) in [5.41, 5.74) is 3.25. The number of rotatable bonds is 2. The van der Waals surface area contributed by atoms with Crippen LogP contribution in [0.5, 0.6) is 0 Å². The predicted molar refractivity (Wildman–Crippen MR) is 80.5 cm³/mol. The van der Waals surface area contributed by atoms with Crippen LogP contribution in [0.3, 0.4) is 0 Å². The molecule has 0 saturated carbocycles. The Morgan fingerprint density at radius 2 is 2.16 bits per heavy atom. The van der Waals surface area contributed by atoms with Crippen molar-refractivity contribution in [2.45, 2.75) is 13.5 Å². The van der Waals surface area contributed by atoms with Crippen LogP contribution in [-0.4, -0.2) is 14.8 Å². The lowest BCUT2D eigenvalue weighted by Crippen LogP contribution is -2.04. The number of aryl methyl sites for hydroxylation is 1. The van der Waals surface area contributed by atoms with E-state index in [0.717, 1.165) is 31.7 Å². The molecule has 0 amide bonds. The van der Waals surface area contributed by atoms with Crippen LogP contribution >= 0.6 is 27.5 Å². The zero-order valence-electron chi connectivity index (χ0n) is 10.3. The molecule has 1 aromatic carbocycles. The van der Waals surface area contributed by atoms with Crippen molar-refractivity contribution in [3.63, 3.8) is 0 Å². The van der Waals surface area contributed by atoms with Crippen molar-refractivity contribution < 1.29 is 0 Å². The first-order valence-electron chi connectivity index (χ1n) is 5.87. The molecule has 0 saturated heterocycles. The van der Waals surface area contributed by atoms with Crippen molar-refractivity contribution >= 4 is 38.4 Å². The van der Waals surface area contributed by atoms with Crippen molar-refractivity contribution in [1.82, 2.24) is 14.8 Å². The highest BCUT2D eigenvalue weighted by atomic mass is 79.9. The smallest absolute Gasteiger partial charge is 0.136 e. The minimum atomic E-state index is 0.638. The lowest BCUT2D eigenvalue weighted by Gasteiger charge is -2.09. The van der Waals surface area contributed by atoms with E-state index in [4.69, 9.17) is 11.6 Å². The van der Waals surface area contributed by atoms with Crippen LogP contribution in [0.4, 0.5) is 0 Å². The topological polar surface area (TPSA) is 30.7 Å². The van der Waals surface area contributed by atoms with E-state index in [1.165, 1.54) is 0 Å². The van der Waals surface area contributed by atoms with Gasteiger partial charge >= 0.3 is 0 Å². The molecule has 0 aliphatic rings. The van der Waals surface area contributed by atoms with Crippen molar-refractivity contribution in [1.29, 1.82) is 0 Å². The van der Waals surface area contributed by atoms with Crippen LogP contribution in [0.1, 0.15) is 11.1 Å². The van der Waals surface area contributed by atoms with Crippen molar-refractivity contribution in [2.24, 2.45) is 0 Å². The lowest BCUT2D eigenvalue weighted by molar-refractivity contribution is 0.702. The van der Waals surface area contributed by atoms with E-state index in [2.05, 4.69) is 39.0 Å². The zero-order chi connectivity index (χ0) is 13.4. The standard InChI is InChI=1S/C14H11BrClN3/c1-9-3-2-4-12(16)11(9)8-19-13-7-17-6-5-10(13)14(15)18-19/h2-7H,8H2,1H3. The van der Waals surface area contributed by atoms with Crippen molar-refractivity contribution in [2.75, 3.05) is 0 Å². The van der Waals surface area contributed by atoms with Gasteiger partial charge in [0.1, 0.15) is 4.60 Å². The molecule has 5 heteroatoms. The van der Waals surface area contributed by atoms with Gasteiger partial charge in [0.05, 0.1) is 18.3 Å². The second kappa shape index (κ2) is 4.94. The number of pyridine rings is 1. The molecule has 0 unspecified atom stereocenters. The van der Waals surface area contributed by atoms with Gasteiger partial charge in [0, 0.05) is 16.6 Å². The maximum Gasteiger partial charge on any atom is 0.136 e. The molecule has 0 aliphatic carbocycles. The van der Waals surface area contributed by atoms with Gasteiger partial charge in [-0.1, -0.05) is 23.7 Å². The second-order valence-electron chi connectivity index (χ2n) is 4.38. The van der Waals surface area contributed by atoms with E-state index in [9.17, 15) is 0 Å². The van der Waals surface area contributed by atoms with Crippen LogP contribution in [0.15, 0.2) is 41.3 Å². The molecular weight excluding hydrogens is 326 g/mol. The average Bonchev–Trinajstić information content (AvgIpc) is 2.72. The number of nitrogens with zero attached hydrogens (tertiary/aromatic N) is 3. The molecule has 0 atom stereocenters. The maximum atomic E-state index is 6.27. The Bertz CT molecular complexity index is 731. The van der Waals surface area contributed by atoms with Gasteiger partial charge in [0.25, 0.3) is 0 Å². The summed E-state index contributed by atoms with van der Waals surface area (Å²) in [5, 5.41) is 6.32. The fourth-order valence-electron chi connectivity index (χ4n) is 2.12. The molecule has 0 spiro atoms. The van der Waals surface area contributed by atoms with E-state index in [-0.39, 0.29) is 0 Å². The molecule has 0 radical (unpaired) electrons. The molecule has 2 heterocycles. The number of fused-ring (bicyclic) bond motifs is 1. The van der Waals surface area contributed by atoms with Crippen LogP contribution in [0, 0.1) is 6.92 Å². The Hall–Kier alpha value is -1.39. The van der Waals surface area contributed by atoms with Gasteiger partial charge in [0.15, 0.2) is 0 Å². The number of hydrogen-bond acceptors (Lipinski definition) is 2. The van der Waals surface area contributed by atoms with Crippen molar-refractivity contribution in [3.05, 3.63) is 57.4 Å². The van der Waals surface area contributed by atoms with Crippen LogP contribution < -0.4 is 0 Å². The largest absolute Gasteiger partial charge is 0.262 e. The Morgan fingerprint density at radius 1 is 1.32 bits per heavy atom. The monoisotopic (exact) mass is 335 g/mol. The summed E-state index contributed by atoms with van der Waals surface area (Å²) >= 11 is 9.74. The molecule has 0 aliphatic heterocycles. The third-order valence-corrected chi connectivity index (χ3v) is 4.11. The van der Waals surface area contributed by atoms with Gasteiger partial charge in [-0.25, -0.2) is 0 Å². The SMILES string of the molecule is Cc1cccc(Cl)c1Cn1nc(Br)c2ccncc21. The van der Waals surface area contributed by atoms with Crippen LogP contribution in [-0.2, 0) is 6.54 Å². The molecule has 0 fully saturated rings. The van der Waals surface area contributed by atoms with Crippen LogP contribution in [0.25, 0.3) is 10.9 Å². The first-order chi connectivity index (χ1) is 9.16. The third-order valence-electron chi connectivity index (χ3n) is 3.17. The lowest BCUT2D eigenvalue weighted by atomic mass is 10.1. The average molecular weight is 337 g/mol. The first kappa shape index (κ1) is 12.6. The molecule has 19 heavy (non-hydrogen) atoms. The number of benzene rings is 1. The molecule has 0 N–H and O–H groups in total. The molecule has 3 aromatic rings. The Balaban J connectivity index is 2.11. The van der Waals surface area contributed by atoms with E-state index >= 15 is 0 Å². The highest BCUT2D eigenvalue weighted by Gasteiger charge is 2.11. The molecule has 2 aromatic heterocycles. The Labute approximate surface area is 124 Å². The summed E-state index contributed by atoms with van der Waals surface area (Å²) in [4.78, 5) is 4.16. The summed E-state index contributed by atoms with van der Waals surface area (Å²) in [5.74, 6) is 0. The Kier molecular flexibility index (Phi) is 3.29. The van der Waals surface area contributed by atoms with Crippen LogP contribution in [0.2, 0.25) is 5.02 Å². The fraction of sp³-hybridized carbons (Fsp3) is 0.143. The van der Waals surface area contributed by atoms with E-state index in [1.54, 1.807) is 6.20 Å². The molecule has 0 bridgehead atoms. The summed E-state index contributed by atoms with van der Waals surface area (Å²) in [6, 6.07) is 7.87.